The first kappa shape index (κ1) is 31.5. The molecule has 1 aliphatic heterocycles. The van der Waals surface area contributed by atoms with Crippen molar-refractivity contribution in [3.8, 4) is 5.75 Å². The Morgan fingerprint density at radius 1 is 1.00 bits per heavy atom. The zero-order chi connectivity index (χ0) is 31.5. The van der Waals surface area contributed by atoms with Crippen molar-refractivity contribution in [2.45, 2.75) is 70.4 Å². The molecule has 7 heteroatoms. The predicted molar refractivity (Wildman–Crippen MR) is 173 cm³/mol. The molecule has 44 heavy (non-hydrogen) atoms. The summed E-state index contributed by atoms with van der Waals surface area (Å²) in [5.74, 6) is 0.0237. The molecule has 3 atom stereocenters. The van der Waals surface area contributed by atoms with Gasteiger partial charge in [-0.25, -0.2) is 0 Å². The van der Waals surface area contributed by atoms with E-state index in [2.05, 4.69) is 42.4 Å². The number of carbonyl (C=O) groups is 3. The first-order valence-corrected chi connectivity index (χ1v) is 15.7. The van der Waals surface area contributed by atoms with Crippen LogP contribution in [0.5, 0.6) is 5.75 Å². The fraction of sp³-hybridized carbons (Fsp3) is 0.432. The summed E-state index contributed by atoms with van der Waals surface area (Å²) in [7, 11) is 0. The van der Waals surface area contributed by atoms with Gasteiger partial charge in [0.1, 0.15) is 11.4 Å². The monoisotopic (exact) mass is 596 g/mol. The van der Waals surface area contributed by atoms with Crippen molar-refractivity contribution >= 4 is 28.6 Å². The Labute approximate surface area is 260 Å². The van der Waals surface area contributed by atoms with Crippen LogP contribution >= 0.6 is 0 Å². The highest BCUT2D eigenvalue weighted by Crippen LogP contribution is 2.55. The van der Waals surface area contributed by atoms with Crippen LogP contribution in [0.1, 0.15) is 69.3 Å². The summed E-state index contributed by atoms with van der Waals surface area (Å²) in [6, 6.07) is 21.6. The maximum atomic E-state index is 14.4. The third-order valence-corrected chi connectivity index (χ3v) is 9.31. The van der Waals surface area contributed by atoms with Gasteiger partial charge >= 0.3 is 11.9 Å². The lowest BCUT2D eigenvalue weighted by Gasteiger charge is -2.60. The smallest absolute Gasteiger partial charge is 0.308 e. The highest BCUT2D eigenvalue weighted by Gasteiger charge is 2.61. The van der Waals surface area contributed by atoms with E-state index in [0.717, 1.165) is 22.9 Å². The van der Waals surface area contributed by atoms with E-state index in [-0.39, 0.29) is 23.8 Å². The minimum absolute atomic E-state index is 0.0161. The largest absolute Gasteiger partial charge is 0.457 e. The molecule has 0 N–H and O–H groups in total. The van der Waals surface area contributed by atoms with E-state index in [1.165, 1.54) is 13.8 Å². The second-order valence-corrected chi connectivity index (χ2v) is 12.9. The number of fused-ring (bicyclic) bond motifs is 2. The topological polar surface area (TPSA) is 76.2 Å². The fourth-order valence-corrected chi connectivity index (χ4v) is 7.57. The molecule has 1 amide bonds. The average Bonchev–Trinajstić information content (AvgIpc) is 2.98. The lowest BCUT2D eigenvalue weighted by Crippen LogP contribution is -2.68. The molecule has 0 spiro atoms. The highest BCUT2D eigenvalue weighted by molar-refractivity contribution is 5.98. The number of piperidine rings is 1. The van der Waals surface area contributed by atoms with Crippen LogP contribution < -0.4 is 4.74 Å². The van der Waals surface area contributed by atoms with Gasteiger partial charge in [-0.1, -0.05) is 62.4 Å². The second kappa shape index (κ2) is 12.9. The van der Waals surface area contributed by atoms with Crippen LogP contribution in [0.2, 0.25) is 0 Å². The molecule has 0 bridgehead atoms. The summed E-state index contributed by atoms with van der Waals surface area (Å²) in [6.45, 7) is 13.7. The molecule has 3 unspecified atom stereocenters. The van der Waals surface area contributed by atoms with Crippen LogP contribution in [0.4, 0.5) is 0 Å². The Hall–Kier alpha value is -3.97. The van der Waals surface area contributed by atoms with Gasteiger partial charge in [-0.15, -0.1) is 6.58 Å². The minimum atomic E-state index is -0.819. The molecule has 3 aromatic rings. The Morgan fingerprint density at radius 2 is 1.77 bits per heavy atom. The fourth-order valence-electron chi connectivity index (χ4n) is 7.57. The van der Waals surface area contributed by atoms with Crippen LogP contribution in [0.25, 0.3) is 10.8 Å². The van der Waals surface area contributed by atoms with E-state index in [9.17, 15) is 14.4 Å². The highest BCUT2D eigenvalue weighted by atomic mass is 16.6. The summed E-state index contributed by atoms with van der Waals surface area (Å²) in [4.78, 5) is 43.4. The lowest BCUT2D eigenvalue weighted by molar-refractivity contribution is -0.188. The van der Waals surface area contributed by atoms with Gasteiger partial charge in [-0.05, 0) is 78.7 Å². The number of hydrogen-bond donors (Lipinski definition) is 0. The Bertz CT molecular complexity index is 1550. The van der Waals surface area contributed by atoms with Gasteiger partial charge in [-0.2, -0.15) is 0 Å². The van der Waals surface area contributed by atoms with Crippen molar-refractivity contribution < 1.29 is 23.9 Å². The van der Waals surface area contributed by atoms with E-state index in [4.69, 9.17) is 9.47 Å². The number of carbonyl (C=O) groups excluding carboxylic acids is 3. The number of ether oxygens (including phenoxy) is 2. The molecule has 3 aromatic carbocycles. The molecule has 0 aromatic heterocycles. The normalized spacial score (nSPS) is 23.5. The molecule has 7 nitrogen and oxygen atoms in total. The number of hydrogen-bond acceptors (Lipinski definition) is 6. The molecule has 2 fully saturated rings. The van der Waals surface area contributed by atoms with Crippen molar-refractivity contribution in [2.24, 2.45) is 5.92 Å². The lowest BCUT2D eigenvalue weighted by atomic mass is 9.54. The van der Waals surface area contributed by atoms with E-state index in [1.807, 2.05) is 54.6 Å². The van der Waals surface area contributed by atoms with Crippen molar-refractivity contribution in [1.82, 2.24) is 9.80 Å². The zero-order valence-corrected chi connectivity index (χ0v) is 26.4. The number of likely N-dealkylation sites (tertiary alicyclic amines) is 1. The molecule has 2 aliphatic rings. The van der Waals surface area contributed by atoms with E-state index in [0.29, 0.717) is 56.6 Å². The third-order valence-electron chi connectivity index (χ3n) is 9.31. The molecular formula is C37H44N2O5. The first-order valence-electron chi connectivity index (χ1n) is 15.7. The van der Waals surface area contributed by atoms with E-state index >= 15 is 0 Å². The van der Waals surface area contributed by atoms with Gasteiger partial charge in [0.05, 0.1) is 0 Å². The molecule has 0 radical (unpaired) electrons. The second-order valence-electron chi connectivity index (χ2n) is 12.9. The molecule has 232 valence electrons. The van der Waals surface area contributed by atoms with Gasteiger partial charge in [0.15, 0.2) is 0 Å². The van der Waals surface area contributed by atoms with Crippen LogP contribution in [0.15, 0.2) is 79.4 Å². The first-order chi connectivity index (χ1) is 21.1. The molecule has 5 rings (SSSR count). The Morgan fingerprint density at radius 3 is 2.48 bits per heavy atom. The van der Waals surface area contributed by atoms with Gasteiger partial charge in [0.25, 0.3) is 5.91 Å². The number of rotatable bonds is 9. The summed E-state index contributed by atoms with van der Waals surface area (Å²) in [5.41, 5.74) is 0.214. The van der Waals surface area contributed by atoms with Gasteiger partial charge < -0.3 is 14.4 Å². The average molecular weight is 597 g/mol. The quantitative estimate of drug-likeness (QED) is 0.159. The molecule has 1 aliphatic carbocycles. The molecular weight excluding hydrogens is 552 g/mol. The molecule has 1 saturated carbocycles. The summed E-state index contributed by atoms with van der Waals surface area (Å²) < 4.78 is 11.9. The molecule has 1 heterocycles. The number of benzene rings is 3. The SMILES string of the molecule is C=CCN1CCC2(c3cccc(OC(C)=O)c3)CC(N(CC(C)C)C(=O)c3ccc4ccccc4c3)CCC2(OC(C)=O)C1. The number of esters is 2. The van der Waals surface area contributed by atoms with E-state index < -0.39 is 17.0 Å². The Balaban J connectivity index is 1.60. The standard InChI is InChI=1S/C37H44N2O5/c1-6-19-38-20-18-36(32-12-9-13-34(22-32)43-27(4)40)23-33(16-17-37(36,25-38)44-28(5)41)39(24-26(2)3)35(42)31-15-14-29-10-7-8-11-30(29)21-31/h6-15,21-22,26,33H,1,16-20,23-25H2,2-5H3. The Kier molecular flexibility index (Phi) is 9.26. The van der Waals surface area contributed by atoms with Gasteiger partial charge in [-0.3, -0.25) is 19.3 Å². The van der Waals surface area contributed by atoms with Crippen LogP contribution in [-0.2, 0) is 19.7 Å². The summed E-state index contributed by atoms with van der Waals surface area (Å²) in [6.07, 6.45) is 4.52. The maximum Gasteiger partial charge on any atom is 0.308 e. The summed E-state index contributed by atoms with van der Waals surface area (Å²) in [5, 5.41) is 2.13. The third kappa shape index (κ3) is 6.29. The minimum Gasteiger partial charge on any atom is -0.457 e. The van der Waals surface area contributed by atoms with Gasteiger partial charge in [0.2, 0.25) is 0 Å². The van der Waals surface area contributed by atoms with Crippen molar-refractivity contribution in [3.63, 3.8) is 0 Å². The van der Waals surface area contributed by atoms with Crippen LogP contribution in [-0.4, -0.2) is 65.5 Å². The van der Waals surface area contributed by atoms with Crippen molar-refractivity contribution in [1.29, 1.82) is 0 Å². The molecule has 1 saturated heterocycles. The number of nitrogens with zero attached hydrogens (tertiary/aromatic N) is 2. The van der Waals surface area contributed by atoms with Crippen molar-refractivity contribution in [3.05, 3.63) is 90.5 Å². The maximum absolute atomic E-state index is 14.4. The predicted octanol–water partition coefficient (Wildman–Crippen LogP) is 6.55. The number of amides is 1. The van der Waals surface area contributed by atoms with Crippen LogP contribution in [0, 0.1) is 5.92 Å². The van der Waals surface area contributed by atoms with Gasteiger partial charge in [0, 0.05) is 50.5 Å². The summed E-state index contributed by atoms with van der Waals surface area (Å²) >= 11 is 0. The van der Waals surface area contributed by atoms with E-state index in [1.54, 1.807) is 6.07 Å². The van der Waals surface area contributed by atoms with Crippen molar-refractivity contribution in [2.75, 3.05) is 26.2 Å². The van der Waals surface area contributed by atoms with Crippen LogP contribution in [0.3, 0.4) is 0 Å². The zero-order valence-electron chi connectivity index (χ0n) is 26.4.